The average Bonchev–Trinajstić information content (AvgIpc) is 2.81. The number of aliphatic hydroxyl groups excluding tert-OH is 1. The summed E-state index contributed by atoms with van der Waals surface area (Å²) in [5.74, 6) is 0.779. The molecule has 0 aliphatic heterocycles. The molecule has 1 aromatic carbocycles. The van der Waals surface area contributed by atoms with E-state index in [0.29, 0.717) is 0 Å². The second-order valence-electron chi connectivity index (χ2n) is 4.05. The van der Waals surface area contributed by atoms with E-state index in [1.165, 1.54) is 11.3 Å². The van der Waals surface area contributed by atoms with E-state index in [2.05, 4.69) is 4.98 Å². The smallest absolute Gasteiger partial charge is 0.120 e. The lowest BCUT2D eigenvalue weighted by Crippen LogP contribution is -2.06. The summed E-state index contributed by atoms with van der Waals surface area (Å²) in [5.41, 5.74) is 2.54. The second kappa shape index (κ2) is 5.29. The Morgan fingerprint density at radius 1 is 1.35 bits per heavy atom. The molecule has 1 heterocycles. The molecule has 3 nitrogen and oxygen atoms in total. The molecule has 1 N–H and O–H groups in total. The number of rotatable bonds is 4. The standard InChI is InChI=1S/C13H15NO2S/c1-9(2)16-11-5-3-4-10(6-11)13(15)12-7-14-8-17-12/h3-9,13,15H,1-2H3. The van der Waals surface area contributed by atoms with Gasteiger partial charge in [0.15, 0.2) is 0 Å². The lowest BCUT2D eigenvalue weighted by Gasteiger charge is -2.13. The van der Waals surface area contributed by atoms with Crippen molar-refractivity contribution >= 4 is 11.3 Å². The van der Waals surface area contributed by atoms with Crippen LogP contribution in [0.25, 0.3) is 0 Å². The van der Waals surface area contributed by atoms with Crippen LogP contribution in [0.15, 0.2) is 36.0 Å². The van der Waals surface area contributed by atoms with Gasteiger partial charge < -0.3 is 9.84 Å². The van der Waals surface area contributed by atoms with Crippen LogP contribution in [0.4, 0.5) is 0 Å². The number of benzene rings is 1. The van der Waals surface area contributed by atoms with Gasteiger partial charge in [-0.3, -0.25) is 4.98 Å². The summed E-state index contributed by atoms with van der Waals surface area (Å²) in [6.45, 7) is 3.96. The molecule has 1 atom stereocenters. The Bertz CT molecular complexity index is 468. The molecule has 0 spiro atoms. The molecule has 17 heavy (non-hydrogen) atoms. The lowest BCUT2D eigenvalue weighted by atomic mass is 10.1. The molecule has 90 valence electrons. The second-order valence-corrected chi connectivity index (χ2v) is 4.96. The fraction of sp³-hybridized carbons (Fsp3) is 0.308. The number of nitrogens with zero attached hydrogens (tertiary/aromatic N) is 1. The van der Waals surface area contributed by atoms with Crippen LogP contribution in [0, 0.1) is 0 Å². The third-order valence-corrected chi connectivity index (χ3v) is 3.09. The molecule has 0 aliphatic rings. The quantitative estimate of drug-likeness (QED) is 0.905. The zero-order chi connectivity index (χ0) is 12.3. The number of hydrogen-bond donors (Lipinski definition) is 1. The molecule has 1 unspecified atom stereocenters. The van der Waals surface area contributed by atoms with E-state index in [-0.39, 0.29) is 6.10 Å². The van der Waals surface area contributed by atoms with Crippen molar-refractivity contribution < 1.29 is 9.84 Å². The summed E-state index contributed by atoms with van der Waals surface area (Å²) in [4.78, 5) is 4.81. The zero-order valence-electron chi connectivity index (χ0n) is 9.83. The summed E-state index contributed by atoms with van der Waals surface area (Å²) >= 11 is 1.44. The Morgan fingerprint density at radius 2 is 2.18 bits per heavy atom. The number of ether oxygens (including phenoxy) is 1. The summed E-state index contributed by atoms with van der Waals surface area (Å²) in [6, 6.07) is 7.53. The van der Waals surface area contributed by atoms with Crippen LogP contribution in [0.1, 0.15) is 30.4 Å². The van der Waals surface area contributed by atoms with Gasteiger partial charge in [-0.1, -0.05) is 12.1 Å². The monoisotopic (exact) mass is 249 g/mol. The minimum atomic E-state index is -0.627. The lowest BCUT2D eigenvalue weighted by molar-refractivity contribution is 0.219. The molecule has 0 fully saturated rings. The molecule has 4 heteroatoms. The van der Waals surface area contributed by atoms with Gasteiger partial charge in [-0.25, -0.2) is 0 Å². The van der Waals surface area contributed by atoms with Gasteiger partial charge in [-0.2, -0.15) is 0 Å². The third-order valence-electron chi connectivity index (χ3n) is 2.27. The van der Waals surface area contributed by atoms with Crippen LogP contribution in [0.2, 0.25) is 0 Å². The van der Waals surface area contributed by atoms with Crippen molar-refractivity contribution in [3.05, 3.63) is 46.4 Å². The highest BCUT2D eigenvalue weighted by Crippen LogP contribution is 2.27. The van der Waals surface area contributed by atoms with Crippen molar-refractivity contribution in [2.24, 2.45) is 0 Å². The van der Waals surface area contributed by atoms with Crippen molar-refractivity contribution in [2.45, 2.75) is 26.1 Å². The minimum absolute atomic E-state index is 0.130. The zero-order valence-corrected chi connectivity index (χ0v) is 10.6. The molecule has 2 rings (SSSR count). The predicted molar refractivity (Wildman–Crippen MR) is 68.4 cm³/mol. The van der Waals surface area contributed by atoms with E-state index < -0.39 is 6.10 Å². The third kappa shape index (κ3) is 3.05. The van der Waals surface area contributed by atoms with Crippen LogP contribution < -0.4 is 4.74 Å². The first-order valence-corrected chi connectivity index (χ1v) is 6.38. The first-order valence-electron chi connectivity index (χ1n) is 5.50. The number of hydrogen-bond acceptors (Lipinski definition) is 4. The van der Waals surface area contributed by atoms with Crippen molar-refractivity contribution in [1.29, 1.82) is 0 Å². The summed E-state index contributed by atoms with van der Waals surface area (Å²) in [5, 5.41) is 10.2. The summed E-state index contributed by atoms with van der Waals surface area (Å²) in [7, 11) is 0. The SMILES string of the molecule is CC(C)Oc1cccc(C(O)c2cncs2)c1. The van der Waals surface area contributed by atoms with E-state index in [0.717, 1.165) is 16.2 Å². The van der Waals surface area contributed by atoms with Gasteiger partial charge in [0.1, 0.15) is 11.9 Å². The molecule has 0 amide bonds. The molecular formula is C13H15NO2S. The molecule has 1 aromatic heterocycles. The largest absolute Gasteiger partial charge is 0.491 e. The normalized spacial score (nSPS) is 12.7. The number of aliphatic hydroxyl groups is 1. The highest BCUT2D eigenvalue weighted by atomic mass is 32.1. The van der Waals surface area contributed by atoms with Gasteiger partial charge in [-0.05, 0) is 31.5 Å². The van der Waals surface area contributed by atoms with Crippen LogP contribution in [0.5, 0.6) is 5.75 Å². The van der Waals surface area contributed by atoms with Crippen molar-refractivity contribution in [2.75, 3.05) is 0 Å². The van der Waals surface area contributed by atoms with Crippen LogP contribution in [-0.2, 0) is 0 Å². The maximum atomic E-state index is 10.2. The molecule has 0 radical (unpaired) electrons. The van der Waals surface area contributed by atoms with Crippen molar-refractivity contribution in [1.82, 2.24) is 4.98 Å². The van der Waals surface area contributed by atoms with Crippen LogP contribution in [-0.4, -0.2) is 16.2 Å². The van der Waals surface area contributed by atoms with Gasteiger partial charge >= 0.3 is 0 Å². The van der Waals surface area contributed by atoms with E-state index in [1.54, 1.807) is 11.7 Å². The molecule has 0 aliphatic carbocycles. The van der Waals surface area contributed by atoms with Crippen molar-refractivity contribution in [3.8, 4) is 5.75 Å². The van der Waals surface area contributed by atoms with Crippen molar-refractivity contribution in [3.63, 3.8) is 0 Å². The topological polar surface area (TPSA) is 42.4 Å². The fourth-order valence-corrected chi connectivity index (χ4v) is 2.19. The van der Waals surface area contributed by atoms with E-state index in [1.807, 2.05) is 38.1 Å². The van der Waals surface area contributed by atoms with Gasteiger partial charge in [-0.15, -0.1) is 11.3 Å². The average molecular weight is 249 g/mol. The van der Waals surface area contributed by atoms with E-state index in [4.69, 9.17) is 4.74 Å². The Hall–Kier alpha value is -1.39. The van der Waals surface area contributed by atoms with Crippen LogP contribution >= 0.6 is 11.3 Å². The van der Waals surface area contributed by atoms with Gasteiger partial charge in [0.05, 0.1) is 16.5 Å². The van der Waals surface area contributed by atoms with E-state index >= 15 is 0 Å². The molecule has 0 bridgehead atoms. The molecule has 2 aromatic rings. The van der Waals surface area contributed by atoms with Gasteiger partial charge in [0, 0.05) is 6.20 Å². The Labute approximate surface area is 105 Å². The first-order chi connectivity index (χ1) is 8.16. The predicted octanol–water partition coefficient (Wildman–Crippen LogP) is 3.01. The Morgan fingerprint density at radius 3 is 2.82 bits per heavy atom. The van der Waals surface area contributed by atoms with Gasteiger partial charge in [0.25, 0.3) is 0 Å². The Balaban J connectivity index is 2.21. The highest BCUT2D eigenvalue weighted by Gasteiger charge is 2.12. The molecule has 0 saturated carbocycles. The van der Waals surface area contributed by atoms with Crippen LogP contribution in [0.3, 0.4) is 0 Å². The number of thiazole rings is 1. The van der Waals surface area contributed by atoms with Gasteiger partial charge in [0.2, 0.25) is 0 Å². The first kappa shape index (κ1) is 12.1. The van der Waals surface area contributed by atoms with E-state index in [9.17, 15) is 5.11 Å². The fourth-order valence-electron chi connectivity index (χ4n) is 1.56. The minimum Gasteiger partial charge on any atom is -0.491 e. The summed E-state index contributed by atoms with van der Waals surface area (Å²) in [6.07, 6.45) is 1.19. The molecular weight excluding hydrogens is 234 g/mol. The maximum absolute atomic E-state index is 10.2. The maximum Gasteiger partial charge on any atom is 0.120 e. The summed E-state index contributed by atoms with van der Waals surface area (Å²) < 4.78 is 5.60. The Kier molecular flexibility index (Phi) is 3.76. The highest BCUT2D eigenvalue weighted by molar-refractivity contribution is 7.09. The number of aromatic nitrogens is 1. The molecule has 0 saturated heterocycles.